The van der Waals surface area contributed by atoms with E-state index in [2.05, 4.69) is 4.99 Å². The quantitative estimate of drug-likeness (QED) is 0.587. The molecule has 92 valence electrons. The highest BCUT2D eigenvalue weighted by atomic mass is 35.5. The molecule has 0 aliphatic carbocycles. The summed E-state index contributed by atoms with van der Waals surface area (Å²) in [7, 11) is 2.75. The molecule has 0 fully saturated rings. The summed E-state index contributed by atoms with van der Waals surface area (Å²) >= 11 is 22.2. The standard InChI is InChI=1S/C6H8Cl3N2O3PS/c1-12-15(16,13-2)14-6-10-5(8)4(7)3-11(6)9/h3,6H,1-2H3. The number of rotatable bonds is 4. The fourth-order valence-electron chi connectivity index (χ4n) is 0.784. The van der Waals surface area contributed by atoms with Crippen LogP contribution in [0.1, 0.15) is 0 Å². The maximum Gasteiger partial charge on any atom is 0.330 e. The Bertz CT molecular complexity index is 370. The van der Waals surface area contributed by atoms with Crippen molar-refractivity contribution in [1.82, 2.24) is 4.42 Å². The van der Waals surface area contributed by atoms with Crippen LogP contribution in [0.25, 0.3) is 0 Å². The van der Waals surface area contributed by atoms with Crippen molar-refractivity contribution in [2.75, 3.05) is 14.2 Å². The van der Waals surface area contributed by atoms with Crippen molar-refractivity contribution in [3.8, 4) is 0 Å². The number of aliphatic imine (C=N–C) groups is 1. The Morgan fingerprint density at radius 3 is 2.50 bits per heavy atom. The van der Waals surface area contributed by atoms with E-state index < -0.39 is 13.1 Å². The van der Waals surface area contributed by atoms with E-state index in [0.29, 0.717) is 0 Å². The lowest BCUT2D eigenvalue weighted by atomic mass is 10.6. The molecule has 1 aliphatic heterocycles. The molecule has 16 heavy (non-hydrogen) atoms. The summed E-state index contributed by atoms with van der Waals surface area (Å²) in [5, 5.41) is 0.289. The molecule has 0 aromatic rings. The first-order chi connectivity index (χ1) is 7.41. The van der Waals surface area contributed by atoms with E-state index in [0.717, 1.165) is 4.42 Å². The monoisotopic (exact) mass is 324 g/mol. The van der Waals surface area contributed by atoms with Crippen LogP contribution in [0.5, 0.6) is 0 Å². The summed E-state index contributed by atoms with van der Waals surface area (Å²) in [6.07, 6.45) is 0.427. The third kappa shape index (κ3) is 3.55. The second-order valence-corrected chi connectivity index (χ2v) is 6.82. The Labute approximate surface area is 113 Å². The average molecular weight is 326 g/mol. The van der Waals surface area contributed by atoms with Crippen molar-refractivity contribution in [2.45, 2.75) is 6.35 Å². The molecule has 0 saturated heterocycles. The van der Waals surface area contributed by atoms with Gasteiger partial charge in [-0.2, -0.15) is 0 Å². The van der Waals surface area contributed by atoms with Crippen molar-refractivity contribution >= 4 is 58.7 Å². The first-order valence-corrected chi connectivity index (χ1v) is 7.52. The highest BCUT2D eigenvalue weighted by Crippen LogP contribution is 2.50. The summed E-state index contributed by atoms with van der Waals surface area (Å²) in [6, 6.07) is 0. The smallest absolute Gasteiger partial charge is 0.312 e. The second kappa shape index (κ2) is 5.98. The van der Waals surface area contributed by atoms with Crippen LogP contribution in [0.2, 0.25) is 0 Å². The van der Waals surface area contributed by atoms with E-state index in [-0.39, 0.29) is 10.2 Å². The normalized spacial score (nSPS) is 21.8. The number of hydrogen-bond acceptors (Lipinski definition) is 6. The van der Waals surface area contributed by atoms with Gasteiger partial charge in [0.2, 0.25) is 0 Å². The van der Waals surface area contributed by atoms with Crippen LogP contribution >= 0.6 is 41.7 Å². The summed E-state index contributed by atoms with van der Waals surface area (Å²) in [5.41, 5.74) is 0. The van der Waals surface area contributed by atoms with Crippen molar-refractivity contribution in [3.05, 3.63) is 11.2 Å². The van der Waals surface area contributed by atoms with Gasteiger partial charge in [-0.15, -0.1) is 0 Å². The fourth-order valence-corrected chi connectivity index (χ4v) is 2.29. The summed E-state index contributed by atoms with van der Waals surface area (Å²) in [6.45, 7) is -2.86. The molecular weight excluding hydrogens is 317 g/mol. The Hall–Kier alpha value is 0.610. The minimum atomic E-state index is -2.86. The molecule has 0 bridgehead atoms. The minimum absolute atomic E-state index is 0.0809. The molecule has 0 amide bonds. The van der Waals surface area contributed by atoms with E-state index in [1.807, 2.05) is 0 Å². The van der Waals surface area contributed by atoms with Gasteiger partial charge in [0, 0.05) is 32.2 Å². The van der Waals surface area contributed by atoms with Crippen LogP contribution in [0.15, 0.2) is 16.2 Å². The molecule has 0 radical (unpaired) electrons. The van der Waals surface area contributed by atoms with E-state index >= 15 is 0 Å². The number of allylic oxidation sites excluding steroid dienone is 1. The number of hydrogen-bond donors (Lipinski definition) is 0. The highest BCUT2D eigenvalue weighted by molar-refractivity contribution is 8.07. The van der Waals surface area contributed by atoms with Crippen LogP contribution in [-0.4, -0.2) is 30.2 Å². The third-order valence-corrected chi connectivity index (χ3v) is 4.97. The molecule has 0 spiro atoms. The Kier molecular flexibility index (Phi) is 5.48. The summed E-state index contributed by atoms with van der Waals surface area (Å²) < 4.78 is 16.3. The molecule has 1 rings (SSSR count). The van der Waals surface area contributed by atoms with Gasteiger partial charge in [0.05, 0.1) is 5.03 Å². The van der Waals surface area contributed by atoms with E-state index in [4.69, 9.17) is 60.4 Å². The Morgan fingerprint density at radius 2 is 2.00 bits per heavy atom. The number of nitrogens with zero attached hydrogens (tertiary/aromatic N) is 2. The summed E-state index contributed by atoms with van der Waals surface area (Å²) in [4.78, 5) is 3.88. The van der Waals surface area contributed by atoms with Crippen LogP contribution in [0.3, 0.4) is 0 Å². The molecule has 0 saturated carbocycles. The summed E-state index contributed by atoms with van der Waals surface area (Å²) in [5.74, 6) is 0. The van der Waals surface area contributed by atoms with Gasteiger partial charge in [0.25, 0.3) is 6.35 Å². The molecule has 0 aromatic heterocycles. The lowest BCUT2D eigenvalue weighted by molar-refractivity contribution is 0.0895. The first kappa shape index (κ1) is 14.7. The molecule has 5 nitrogen and oxygen atoms in total. The second-order valence-electron chi connectivity index (χ2n) is 2.49. The molecule has 1 heterocycles. The lowest BCUT2D eigenvalue weighted by Crippen LogP contribution is -2.27. The zero-order valence-corrected chi connectivity index (χ0v) is 12.2. The van der Waals surface area contributed by atoms with Crippen molar-refractivity contribution < 1.29 is 13.6 Å². The molecular formula is C6H8Cl3N2O3PS. The van der Waals surface area contributed by atoms with Crippen molar-refractivity contribution in [2.24, 2.45) is 4.99 Å². The van der Waals surface area contributed by atoms with Crippen molar-refractivity contribution in [3.63, 3.8) is 0 Å². The van der Waals surface area contributed by atoms with E-state index in [9.17, 15) is 0 Å². The van der Waals surface area contributed by atoms with Gasteiger partial charge in [-0.1, -0.05) is 23.2 Å². The highest BCUT2D eigenvalue weighted by Gasteiger charge is 2.29. The molecule has 10 heteroatoms. The molecule has 0 N–H and O–H groups in total. The Balaban J connectivity index is 2.81. The maximum absolute atomic E-state index is 5.80. The van der Waals surface area contributed by atoms with E-state index in [1.54, 1.807) is 0 Å². The molecule has 0 aromatic carbocycles. The minimum Gasteiger partial charge on any atom is -0.312 e. The van der Waals surface area contributed by atoms with Crippen molar-refractivity contribution in [1.29, 1.82) is 0 Å². The van der Waals surface area contributed by atoms with Gasteiger partial charge in [0.1, 0.15) is 5.17 Å². The largest absolute Gasteiger partial charge is 0.330 e. The fraction of sp³-hybridized carbons (Fsp3) is 0.500. The molecule has 1 atom stereocenters. The van der Waals surface area contributed by atoms with Crippen LogP contribution in [0.4, 0.5) is 0 Å². The van der Waals surface area contributed by atoms with Gasteiger partial charge in [-0.05, 0) is 11.8 Å². The van der Waals surface area contributed by atoms with E-state index in [1.165, 1.54) is 20.4 Å². The topological polar surface area (TPSA) is 43.3 Å². The lowest BCUT2D eigenvalue weighted by Gasteiger charge is -2.28. The maximum atomic E-state index is 5.80. The predicted octanol–water partition coefficient (Wildman–Crippen LogP) is 2.99. The van der Waals surface area contributed by atoms with Crippen LogP contribution in [0, 0.1) is 0 Å². The van der Waals surface area contributed by atoms with Crippen LogP contribution < -0.4 is 0 Å². The van der Waals surface area contributed by atoms with Gasteiger partial charge in [-0.25, -0.2) is 9.41 Å². The van der Waals surface area contributed by atoms with Gasteiger partial charge in [-0.3, -0.25) is 4.52 Å². The predicted molar refractivity (Wildman–Crippen MR) is 68.1 cm³/mol. The SMILES string of the molecule is COP(=S)(OC)OC1N=C(Cl)C(Cl)=CN1Cl. The first-order valence-electron chi connectivity index (χ1n) is 3.87. The average Bonchev–Trinajstić information content (AvgIpc) is 2.25. The molecule has 1 aliphatic rings. The Morgan fingerprint density at radius 1 is 1.44 bits per heavy atom. The molecule has 1 unspecified atom stereocenters. The van der Waals surface area contributed by atoms with Gasteiger partial charge >= 0.3 is 6.72 Å². The third-order valence-electron chi connectivity index (χ3n) is 1.54. The zero-order valence-electron chi connectivity index (χ0n) is 8.26. The van der Waals surface area contributed by atoms with Crippen LogP contribution in [-0.2, 0) is 25.4 Å². The zero-order chi connectivity index (χ0) is 12.3. The van der Waals surface area contributed by atoms with Gasteiger partial charge in [0.15, 0.2) is 0 Å². The number of halogens is 3. The van der Waals surface area contributed by atoms with Gasteiger partial charge < -0.3 is 9.05 Å².